The molecule has 0 spiro atoms. The van der Waals surface area contributed by atoms with Crippen molar-refractivity contribution in [3.8, 4) is 5.75 Å². The molecule has 0 aliphatic carbocycles. The van der Waals surface area contributed by atoms with Crippen molar-refractivity contribution < 1.29 is 14.3 Å². The molecule has 0 radical (unpaired) electrons. The van der Waals surface area contributed by atoms with Gasteiger partial charge in [0.1, 0.15) is 18.5 Å². The molecule has 0 aliphatic rings. The molecule has 0 aliphatic heterocycles. The summed E-state index contributed by atoms with van der Waals surface area (Å²) in [4.78, 5) is 13.3. The topological polar surface area (TPSA) is 38.8 Å². The van der Waals surface area contributed by atoms with Crippen molar-refractivity contribution >= 4 is 5.91 Å². The molecule has 18 heavy (non-hydrogen) atoms. The second kappa shape index (κ2) is 7.01. The fourth-order valence-electron chi connectivity index (χ4n) is 1.53. The van der Waals surface area contributed by atoms with Gasteiger partial charge in [-0.2, -0.15) is 0 Å². The minimum absolute atomic E-state index is 0.0367. The molecule has 1 aromatic rings. The van der Waals surface area contributed by atoms with Gasteiger partial charge in [0.05, 0.1) is 6.54 Å². The zero-order chi connectivity index (χ0) is 13.5. The Labute approximate surface area is 108 Å². The summed E-state index contributed by atoms with van der Waals surface area (Å²) in [5.41, 5.74) is 1.16. The Morgan fingerprint density at radius 3 is 2.78 bits per heavy atom. The van der Waals surface area contributed by atoms with Gasteiger partial charge in [0, 0.05) is 14.2 Å². The van der Waals surface area contributed by atoms with E-state index in [0.717, 1.165) is 11.3 Å². The number of rotatable bonds is 6. The third-order valence-corrected chi connectivity index (χ3v) is 2.76. The van der Waals surface area contributed by atoms with E-state index in [2.05, 4.69) is 0 Å². The summed E-state index contributed by atoms with van der Waals surface area (Å²) >= 11 is 0. The molecule has 100 valence electrons. The highest BCUT2D eigenvalue weighted by Crippen LogP contribution is 2.12. The van der Waals surface area contributed by atoms with Crippen LogP contribution < -0.4 is 4.74 Å². The molecular weight excluding hydrogens is 230 g/mol. The number of methoxy groups -OCH3 is 1. The van der Waals surface area contributed by atoms with E-state index < -0.39 is 6.10 Å². The lowest BCUT2D eigenvalue weighted by Gasteiger charge is -2.20. The predicted octanol–water partition coefficient (Wildman–Crippen LogP) is 1.87. The molecule has 0 heterocycles. The minimum atomic E-state index is -0.408. The van der Waals surface area contributed by atoms with Crippen molar-refractivity contribution in [2.75, 3.05) is 27.3 Å². The fraction of sp³-hybridized carbons (Fsp3) is 0.500. The van der Waals surface area contributed by atoms with Gasteiger partial charge in [-0.3, -0.25) is 4.79 Å². The Morgan fingerprint density at radius 2 is 2.17 bits per heavy atom. The van der Waals surface area contributed by atoms with Crippen LogP contribution in [-0.2, 0) is 9.53 Å². The number of aryl methyl sites for hydroxylation is 1. The van der Waals surface area contributed by atoms with Crippen LogP contribution in [-0.4, -0.2) is 44.2 Å². The molecule has 0 N–H and O–H groups in total. The average Bonchev–Trinajstić information content (AvgIpc) is 2.36. The first-order valence-electron chi connectivity index (χ1n) is 6.02. The highest BCUT2D eigenvalue weighted by Gasteiger charge is 2.16. The van der Waals surface area contributed by atoms with Gasteiger partial charge in [-0.1, -0.05) is 12.1 Å². The Hall–Kier alpha value is -1.55. The lowest BCUT2D eigenvalue weighted by atomic mass is 10.2. The zero-order valence-corrected chi connectivity index (χ0v) is 11.5. The van der Waals surface area contributed by atoms with Gasteiger partial charge in [-0.05, 0) is 31.5 Å². The molecule has 1 atom stereocenters. The maximum absolute atomic E-state index is 11.7. The average molecular weight is 251 g/mol. The number of amides is 1. The zero-order valence-electron chi connectivity index (χ0n) is 11.5. The highest BCUT2D eigenvalue weighted by molar-refractivity contribution is 5.80. The van der Waals surface area contributed by atoms with Crippen LogP contribution in [0.3, 0.4) is 0 Å². The summed E-state index contributed by atoms with van der Waals surface area (Å²) < 4.78 is 10.6. The normalized spacial score (nSPS) is 12.0. The standard InChI is InChI=1S/C14H21NO3/c1-11-6-5-7-13(10-11)18-9-8-15(3)14(16)12(2)17-4/h5-7,10,12H,8-9H2,1-4H3. The maximum atomic E-state index is 11.7. The molecule has 4 nitrogen and oxygen atoms in total. The summed E-state index contributed by atoms with van der Waals surface area (Å²) in [6, 6.07) is 7.85. The van der Waals surface area contributed by atoms with Gasteiger partial charge in [0.15, 0.2) is 0 Å². The number of carbonyl (C=O) groups is 1. The summed E-state index contributed by atoms with van der Waals surface area (Å²) in [5, 5.41) is 0. The van der Waals surface area contributed by atoms with E-state index in [1.807, 2.05) is 31.2 Å². The molecule has 4 heteroatoms. The van der Waals surface area contributed by atoms with Crippen molar-refractivity contribution in [2.24, 2.45) is 0 Å². The Balaban J connectivity index is 2.35. The van der Waals surface area contributed by atoms with E-state index in [0.29, 0.717) is 13.2 Å². The first-order valence-corrected chi connectivity index (χ1v) is 6.02. The van der Waals surface area contributed by atoms with Crippen molar-refractivity contribution in [3.05, 3.63) is 29.8 Å². The second-order valence-corrected chi connectivity index (χ2v) is 4.30. The van der Waals surface area contributed by atoms with E-state index in [-0.39, 0.29) is 5.91 Å². The van der Waals surface area contributed by atoms with Crippen LogP contribution >= 0.6 is 0 Å². The largest absolute Gasteiger partial charge is 0.492 e. The molecule has 0 bridgehead atoms. The number of ether oxygens (including phenoxy) is 2. The molecule has 0 fully saturated rings. The van der Waals surface area contributed by atoms with Crippen LogP contribution in [0.4, 0.5) is 0 Å². The van der Waals surface area contributed by atoms with Crippen LogP contribution in [0.15, 0.2) is 24.3 Å². The molecule has 0 saturated heterocycles. The summed E-state index contributed by atoms with van der Waals surface area (Å²) in [7, 11) is 3.27. The summed E-state index contributed by atoms with van der Waals surface area (Å²) in [5.74, 6) is 0.793. The molecule has 0 aromatic heterocycles. The second-order valence-electron chi connectivity index (χ2n) is 4.30. The van der Waals surface area contributed by atoms with Gasteiger partial charge in [0.2, 0.25) is 0 Å². The monoisotopic (exact) mass is 251 g/mol. The first kappa shape index (κ1) is 14.5. The van der Waals surface area contributed by atoms with Crippen LogP contribution in [0, 0.1) is 6.92 Å². The number of likely N-dealkylation sites (N-methyl/N-ethyl adjacent to an activating group) is 1. The molecule has 1 aromatic carbocycles. The van der Waals surface area contributed by atoms with Crippen LogP contribution in [0.1, 0.15) is 12.5 Å². The number of hydrogen-bond acceptors (Lipinski definition) is 3. The molecule has 0 saturated carbocycles. The lowest BCUT2D eigenvalue weighted by molar-refractivity contribution is -0.139. The minimum Gasteiger partial charge on any atom is -0.492 e. The Kier molecular flexibility index (Phi) is 5.65. The maximum Gasteiger partial charge on any atom is 0.251 e. The van der Waals surface area contributed by atoms with Gasteiger partial charge < -0.3 is 14.4 Å². The van der Waals surface area contributed by atoms with Gasteiger partial charge in [0.25, 0.3) is 5.91 Å². The Bertz CT molecular complexity index is 392. The van der Waals surface area contributed by atoms with E-state index in [4.69, 9.17) is 9.47 Å². The third-order valence-electron chi connectivity index (χ3n) is 2.76. The van der Waals surface area contributed by atoms with Gasteiger partial charge in [-0.25, -0.2) is 0 Å². The number of benzene rings is 1. The van der Waals surface area contributed by atoms with E-state index in [1.165, 1.54) is 7.11 Å². The summed E-state index contributed by atoms with van der Waals surface area (Å²) in [6.45, 7) is 4.77. The van der Waals surface area contributed by atoms with E-state index in [9.17, 15) is 4.79 Å². The first-order chi connectivity index (χ1) is 8.54. The third kappa shape index (κ3) is 4.37. The molecule has 1 rings (SSSR count). The highest BCUT2D eigenvalue weighted by atomic mass is 16.5. The number of hydrogen-bond donors (Lipinski definition) is 0. The molecule has 1 amide bonds. The van der Waals surface area contributed by atoms with Crippen molar-refractivity contribution in [1.29, 1.82) is 0 Å². The lowest BCUT2D eigenvalue weighted by Crippen LogP contribution is -2.38. The number of carbonyl (C=O) groups excluding carboxylic acids is 1. The SMILES string of the molecule is COC(C)C(=O)N(C)CCOc1cccc(C)c1. The molecule has 1 unspecified atom stereocenters. The van der Waals surface area contributed by atoms with Gasteiger partial charge in [-0.15, -0.1) is 0 Å². The Morgan fingerprint density at radius 1 is 1.44 bits per heavy atom. The molecular formula is C14H21NO3. The van der Waals surface area contributed by atoms with Crippen LogP contribution in [0.5, 0.6) is 5.75 Å². The van der Waals surface area contributed by atoms with Crippen molar-refractivity contribution in [3.63, 3.8) is 0 Å². The smallest absolute Gasteiger partial charge is 0.251 e. The van der Waals surface area contributed by atoms with Crippen molar-refractivity contribution in [1.82, 2.24) is 4.90 Å². The van der Waals surface area contributed by atoms with Crippen molar-refractivity contribution in [2.45, 2.75) is 20.0 Å². The fourth-order valence-corrected chi connectivity index (χ4v) is 1.53. The van der Waals surface area contributed by atoms with Gasteiger partial charge >= 0.3 is 0 Å². The van der Waals surface area contributed by atoms with E-state index >= 15 is 0 Å². The quantitative estimate of drug-likeness (QED) is 0.774. The number of nitrogens with zero attached hydrogens (tertiary/aromatic N) is 1. The van der Waals surface area contributed by atoms with E-state index in [1.54, 1.807) is 18.9 Å². The van der Waals surface area contributed by atoms with Crippen LogP contribution in [0.2, 0.25) is 0 Å². The van der Waals surface area contributed by atoms with Crippen LogP contribution in [0.25, 0.3) is 0 Å². The predicted molar refractivity (Wildman–Crippen MR) is 70.8 cm³/mol. The summed E-state index contributed by atoms with van der Waals surface area (Å²) in [6.07, 6.45) is -0.408.